The minimum atomic E-state index is -4.60. The van der Waals surface area contributed by atoms with E-state index < -0.39 is 28.6 Å². The number of hydrogen-bond donors (Lipinski definition) is 1. The number of alkyl halides is 3. The highest BCUT2D eigenvalue weighted by molar-refractivity contribution is 6.31. The molecule has 1 fully saturated rings. The van der Waals surface area contributed by atoms with E-state index in [1.807, 2.05) is 0 Å². The molecular weight excluding hydrogens is 321 g/mol. The third kappa shape index (κ3) is 3.52. The first-order valence-corrected chi connectivity index (χ1v) is 7.05. The standard InChI is InChI=1S/C14H14ClF3N2O2/c1-2-20-7-8(5-12(20)21)13(22)19-9-3-4-11(15)10(6-9)14(16,17)18/h3-4,6,8H,2,5,7H2,1H3,(H,19,22). The molecule has 0 aromatic heterocycles. The first-order chi connectivity index (χ1) is 10.2. The van der Waals surface area contributed by atoms with Crippen molar-refractivity contribution >= 4 is 29.1 Å². The molecule has 0 aliphatic carbocycles. The third-order valence-corrected chi connectivity index (χ3v) is 3.84. The van der Waals surface area contributed by atoms with Gasteiger partial charge in [0, 0.05) is 25.2 Å². The Balaban J connectivity index is 2.11. The van der Waals surface area contributed by atoms with Gasteiger partial charge in [0.15, 0.2) is 0 Å². The number of carbonyl (C=O) groups is 2. The second kappa shape index (κ2) is 6.16. The molecular formula is C14H14ClF3N2O2. The van der Waals surface area contributed by atoms with Crippen LogP contribution in [0.25, 0.3) is 0 Å². The Bertz CT molecular complexity index is 604. The van der Waals surface area contributed by atoms with Gasteiger partial charge in [0.25, 0.3) is 0 Å². The number of likely N-dealkylation sites (tertiary alicyclic amines) is 1. The average Bonchev–Trinajstić information content (AvgIpc) is 2.81. The molecule has 1 atom stereocenters. The van der Waals surface area contributed by atoms with Crippen molar-refractivity contribution in [2.24, 2.45) is 5.92 Å². The smallest absolute Gasteiger partial charge is 0.342 e. The number of anilines is 1. The van der Waals surface area contributed by atoms with Crippen molar-refractivity contribution in [3.63, 3.8) is 0 Å². The Kier molecular flexibility index (Phi) is 4.65. The van der Waals surface area contributed by atoms with E-state index in [1.165, 1.54) is 11.0 Å². The Morgan fingerprint density at radius 2 is 2.14 bits per heavy atom. The number of halogens is 4. The zero-order valence-electron chi connectivity index (χ0n) is 11.7. The molecule has 2 rings (SSSR count). The highest BCUT2D eigenvalue weighted by Gasteiger charge is 2.35. The van der Waals surface area contributed by atoms with E-state index in [-0.39, 0.29) is 24.6 Å². The van der Waals surface area contributed by atoms with Gasteiger partial charge in [-0.15, -0.1) is 0 Å². The summed E-state index contributed by atoms with van der Waals surface area (Å²) < 4.78 is 38.3. The molecule has 1 aliphatic rings. The van der Waals surface area contributed by atoms with E-state index >= 15 is 0 Å². The molecule has 0 radical (unpaired) electrons. The minimum absolute atomic E-state index is 0.00382. The van der Waals surface area contributed by atoms with E-state index in [0.717, 1.165) is 12.1 Å². The Morgan fingerprint density at radius 1 is 1.45 bits per heavy atom. The second-order valence-electron chi connectivity index (χ2n) is 5.02. The van der Waals surface area contributed by atoms with Crippen LogP contribution in [0.5, 0.6) is 0 Å². The van der Waals surface area contributed by atoms with E-state index in [1.54, 1.807) is 6.92 Å². The topological polar surface area (TPSA) is 49.4 Å². The summed E-state index contributed by atoms with van der Waals surface area (Å²) in [4.78, 5) is 25.2. The average molecular weight is 335 g/mol. The second-order valence-corrected chi connectivity index (χ2v) is 5.42. The predicted octanol–water partition coefficient (Wildman–Crippen LogP) is 3.17. The van der Waals surface area contributed by atoms with Crippen molar-refractivity contribution in [2.45, 2.75) is 19.5 Å². The fourth-order valence-electron chi connectivity index (χ4n) is 2.32. The first kappa shape index (κ1) is 16.6. The van der Waals surface area contributed by atoms with Gasteiger partial charge in [0.05, 0.1) is 16.5 Å². The van der Waals surface area contributed by atoms with Crippen LogP contribution in [-0.2, 0) is 15.8 Å². The zero-order valence-corrected chi connectivity index (χ0v) is 12.5. The van der Waals surface area contributed by atoms with Crippen molar-refractivity contribution in [3.8, 4) is 0 Å². The van der Waals surface area contributed by atoms with Gasteiger partial charge in [-0.25, -0.2) is 0 Å². The van der Waals surface area contributed by atoms with Crippen LogP contribution in [0.3, 0.4) is 0 Å². The number of amides is 2. The zero-order chi connectivity index (χ0) is 16.5. The lowest BCUT2D eigenvalue weighted by atomic mass is 10.1. The molecule has 0 bridgehead atoms. The maximum atomic E-state index is 12.8. The molecule has 0 spiro atoms. The van der Waals surface area contributed by atoms with Crippen LogP contribution in [0, 0.1) is 5.92 Å². The van der Waals surface area contributed by atoms with Gasteiger partial charge >= 0.3 is 6.18 Å². The van der Waals surface area contributed by atoms with Crippen LogP contribution in [0.2, 0.25) is 5.02 Å². The molecule has 4 nitrogen and oxygen atoms in total. The van der Waals surface area contributed by atoms with E-state index in [4.69, 9.17) is 11.6 Å². The maximum Gasteiger partial charge on any atom is 0.417 e. The van der Waals surface area contributed by atoms with Gasteiger partial charge in [0.2, 0.25) is 11.8 Å². The van der Waals surface area contributed by atoms with Crippen molar-refractivity contribution in [1.82, 2.24) is 4.90 Å². The number of hydrogen-bond acceptors (Lipinski definition) is 2. The number of nitrogens with zero attached hydrogens (tertiary/aromatic N) is 1. The summed E-state index contributed by atoms with van der Waals surface area (Å²) in [5, 5.41) is 1.98. The van der Waals surface area contributed by atoms with Gasteiger partial charge in [-0.3, -0.25) is 9.59 Å². The predicted molar refractivity (Wildman–Crippen MR) is 75.4 cm³/mol. The quantitative estimate of drug-likeness (QED) is 0.923. The van der Waals surface area contributed by atoms with Gasteiger partial charge in [-0.05, 0) is 25.1 Å². The summed E-state index contributed by atoms with van der Waals surface area (Å²) in [5.41, 5.74) is -1.01. The molecule has 1 saturated heterocycles. The third-order valence-electron chi connectivity index (χ3n) is 3.51. The largest absolute Gasteiger partial charge is 0.417 e. The molecule has 2 amide bonds. The Morgan fingerprint density at radius 3 is 2.68 bits per heavy atom. The lowest BCUT2D eigenvalue weighted by molar-refractivity contribution is -0.137. The van der Waals surface area contributed by atoms with Gasteiger partial charge < -0.3 is 10.2 Å². The van der Waals surface area contributed by atoms with Crippen LogP contribution < -0.4 is 5.32 Å². The number of nitrogens with one attached hydrogen (secondary N) is 1. The number of carbonyl (C=O) groups excluding carboxylic acids is 2. The molecule has 120 valence electrons. The van der Waals surface area contributed by atoms with Gasteiger partial charge in [-0.1, -0.05) is 11.6 Å². The summed E-state index contributed by atoms with van der Waals surface area (Å²) in [6, 6.07) is 3.16. The lowest BCUT2D eigenvalue weighted by Crippen LogP contribution is -2.28. The van der Waals surface area contributed by atoms with Crippen molar-refractivity contribution < 1.29 is 22.8 Å². The molecule has 1 aliphatic heterocycles. The lowest BCUT2D eigenvalue weighted by Gasteiger charge is -2.15. The van der Waals surface area contributed by atoms with Gasteiger partial charge in [0.1, 0.15) is 0 Å². The van der Waals surface area contributed by atoms with Crippen LogP contribution in [0.15, 0.2) is 18.2 Å². The molecule has 0 saturated carbocycles. The molecule has 1 unspecified atom stereocenters. The monoisotopic (exact) mass is 334 g/mol. The van der Waals surface area contributed by atoms with E-state index in [0.29, 0.717) is 6.54 Å². The molecule has 1 aromatic carbocycles. The molecule has 8 heteroatoms. The Hall–Kier alpha value is -1.76. The van der Waals surface area contributed by atoms with Crippen LogP contribution >= 0.6 is 11.6 Å². The summed E-state index contributed by atoms with van der Waals surface area (Å²) in [6.45, 7) is 2.58. The SMILES string of the molecule is CCN1CC(C(=O)Nc2ccc(Cl)c(C(F)(F)F)c2)CC1=O. The number of benzene rings is 1. The molecule has 1 aromatic rings. The van der Waals surface area contributed by atoms with Crippen molar-refractivity contribution in [1.29, 1.82) is 0 Å². The molecule has 1 N–H and O–H groups in total. The van der Waals surface area contributed by atoms with Crippen molar-refractivity contribution in [2.75, 3.05) is 18.4 Å². The van der Waals surface area contributed by atoms with E-state index in [2.05, 4.69) is 5.32 Å². The van der Waals surface area contributed by atoms with Crippen molar-refractivity contribution in [3.05, 3.63) is 28.8 Å². The van der Waals surface area contributed by atoms with Crippen LogP contribution in [-0.4, -0.2) is 29.8 Å². The summed E-state index contributed by atoms with van der Waals surface area (Å²) in [5.74, 6) is -1.16. The normalized spacial score (nSPS) is 18.7. The fraction of sp³-hybridized carbons (Fsp3) is 0.429. The Labute approximate surface area is 130 Å². The minimum Gasteiger partial charge on any atom is -0.342 e. The van der Waals surface area contributed by atoms with Gasteiger partial charge in [-0.2, -0.15) is 13.2 Å². The first-order valence-electron chi connectivity index (χ1n) is 6.67. The summed E-state index contributed by atoms with van der Waals surface area (Å²) in [6.07, 6.45) is -4.53. The summed E-state index contributed by atoms with van der Waals surface area (Å²) >= 11 is 5.52. The van der Waals surface area contributed by atoms with E-state index in [9.17, 15) is 22.8 Å². The number of rotatable bonds is 3. The van der Waals surface area contributed by atoms with Crippen LogP contribution in [0.4, 0.5) is 18.9 Å². The fourth-order valence-corrected chi connectivity index (χ4v) is 2.54. The highest BCUT2D eigenvalue weighted by Crippen LogP contribution is 2.36. The molecule has 22 heavy (non-hydrogen) atoms. The highest BCUT2D eigenvalue weighted by atomic mass is 35.5. The maximum absolute atomic E-state index is 12.8. The molecule has 1 heterocycles. The van der Waals surface area contributed by atoms with Crippen LogP contribution in [0.1, 0.15) is 18.9 Å². The summed E-state index contributed by atoms with van der Waals surface area (Å²) in [7, 11) is 0.